The Kier molecular flexibility index (Phi) is 5.05. The minimum Gasteiger partial charge on any atom is -0.347 e. The predicted molar refractivity (Wildman–Crippen MR) is 102 cm³/mol. The zero-order valence-electron chi connectivity index (χ0n) is 15.8. The molecule has 1 aliphatic heterocycles. The highest BCUT2D eigenvalue weighted by Crippen LogP contribution is 2.15. The van der Waals surface area contributed by atoms with E-state index in [1.54, 1.807) is 4.57 Å². The van der Waals surface area contributed by atoms with Gasteiger partial charge in [-0.15, -0.1) is 15.3 Å². The van der Waals surface area contributed by atoms with E-state index in [4.69, 9.17) is 0 Å². The molecule has 0 radical (unpaired) electrons. The SMILES string of the molecule is CCn1c(-c2ccccc2)nn(CC(=O)NCc2nnc3n2CCCC3)c1=O. The van der Waals surface area contributed by atoms with Gasteiger partial charge in [0.25, 0.3) is 0 Å². The van der Waals surface area contributed by atoms with Gasteiger partial charge in [-0.25, -0.2) is 9.48 Å². The van der Waals surface area contributed by atoms with Crippen molar-refractivity contribution < 1.29 is 4.79 Å². The van der Waals surface area contributed by atoms with Crippen molar-refractivity contribution in [2.45, 2.75) is 52.4 Å². The number of aryl methyl sites for hydroxylation is 1. The van der Waals surface area contributed by atoms with Crippen molar-refractivity contribution in [3.63, 3.8) is 0 Å². The molecule has 0 saturated heterocycles. The number of rotatable bonds is 6. The first-order valence-corrected chi connectivity index (χ1v) is 9.58. The maximum absolute atomic E-state index is 12.6. The standard InChI is InChI=1S/C19H23N7O2/c1-2-24-18(14-8-4-3-5-9-14)23-26(19(24)28)13-17(27)20-12-16-22-21-15-10-6-7-11-25(15)16/h3-5,8-9H,2,6-7,10-13H2,1H3,(H,20,27). The van der Waals surface area contributed by atoms with Gasteiger partial charge in [0.2, 0.25) is 5.91 Å². The Morgan fingerprint density at radius 1 is 1.18 bits per heavy atom. The fourth-order valence-corrected chi connectivity index (χ4v) is 3.50. The second-order valence-electron chi connectivity index (χ2n) is 6.79. The number of hydrogen-bond donors (Lipinski definition) is 1. The molecule has 28 heavy (non-hydrogen) atoms. The molecule has 3 heterocycles. The average molecular weight is 381 g/mol. The molecule has 0 aliphatic carbocycles. The van der Waals surface area contributed by atoms with Crippen molar-refractivity contribution in [1.29, 1.82) is 0 Å². The molecule has 0 fully saturated rings. The summed E-state index contributed by atoms with van der Waals surface area (Å²) in [5.74, 6) is 2.00. The fourth-order valence-electron chi connectivity index (χ4n) is 3.50. The first-order valence-electron chi connectivity index (χ1n) is 9.58. The number of benzene rings is 1. The Labute approximate surface area is 162 Å². The third-order valence-electron chi connectivity index (χ3n) is 4.94. The van der Waals surface area contributed by atoms with E-state index in [0.717, 1.165) is 43.0 Å². The van der Waals surface area contributed by atoms with E-state index < -0.39 is 0 Å². The van der Waals surface area contributed by atoms with Gasteiger partial charge in [-0.05, 0) is 19.8 Å². The number of aromatic nitrogens is 6. The molecule has 1 aromatic carbocycles. The molecule has 1 aliphatic rings. The molecule has 0 saturated carbocycles. The largest absolute Gasteiger partial charge is 0.347 e. The van der Waals surface area contributed by atoms with Crippen molar-refractivity contribution in [3.05, 3.63) is 52.5 Å². The first-order chi connectivity index (χ1) is 13.7. The van der Waals surface area contributed by atoms with Gasteiger partial charge in [-0.2, -0.15) is 0 Å². The molecule has 9 nitrogen and oxygen atoms in total. The molecule has 0 bridgehead atoms. The molecule has 9 heteroatoms. The second-order valence-corrected chi connectivity index (χ2v) is 6.79. The number of carbonyl (C=O) groups excluding carboxylic acids is 1. The summed E-state index contributed by atoms with van der Waals surface area (Å²) in [6, 6.07) is 9.49. The summed E-state index contributed by atoms with van der Waals surface area (Å²) in [6.45, 7) is 3.41. The summed E-state index contributed by atoms with van der Waals surface area (Å²) in [5.41, 5.74) is 0.548. The Bertz CT molecular complexity index is 1030. The summed E-state index contributed by atoms with van der Waals surface area (Å²) in [7, 11) is 0. The lowest BCUT2D eigenvalue weighted by Gasteiger charge is -2.14. The predicted octanol–water partition coefficient (Wildman–Crippen LogP) is 0.976. The van der Waals surface area contributed by atoms with E-state index in [-0.39, 0.29) is 18.1 Å². The van der Waals surface area contributed by atoms with Crippen molar-refractivity contribution >= 4 is 5.91 Å². The van der Waals surface area contributed by atoms with Gasteiger partial charge in [-0.1, -0.05) is 30.3 Å². The smallest absolute Gasteiger partial charge is 0.346 e. The molecule has 4 rings (SSSR count). The van der Waals surface area contributed by atoms with Gasteiger partial charge in [0.15, 0.2) is 11.6 Å². The third kappa shape index (κ3) is 3.47. The Balaban J connectivity index is 1.47. The maximum Gasteiger partial charge on any atom is 0.346 e. The summed E-state index contributed by atoms with van der Waals surface area (Å²) >= 11 is 0. The van der Waals surface area contributed by atoms with Gasteiger partial charge in [-0.3, -0.25) is 9.36 Å². The van der Waals surface area contributed by atoms with E-state index >= 15 is 0 Å². The lowest BCUT2D eigenvalue weighted by Crippen LogP contribution is -2.34. The highest BCUT2D eigenvalue weighted by molar-refractivity contribution is 5.75. The molecule has 146 valence electrons. The number of amides is 1. The summed E-state index contributed by atoms with van der Waals surface area (Å²) in [4.78, 5) is 25.0. The summed E-state index contributed by atoms with van der Waals surface area (Å²) in [5, 5.41) is 15.6. The van der Waals surface area contributed by atoms with E-state index in [1.807, 2.05) is 37.3 Å². The third-order valence-corrected chi connectivity index (χ3v) is 4.94. The topological polar surface area (TPSA) is 99.6 Å². The average Bonchev–Trinajstić information content (AvgIpc) is 3.28. The molecule has 1 amide bonds. The van der Waals surface area contributed by atoms with Crippen LogP contribution in [-0.2, 0) is 37.4 Å². The second kappa shape index (κ2) is 7.79. The van der Waals surface area contributed by atoms with Crippen LogP contribution >= 0.6 is 0 Å². The van der Waals surface area contributed by atoms with E-state index in [2.05, 4.69) is 25.2 Å². The fraction of sp³-hybridized carbons (Fsp3) is 0.421. The highest BCUT2D eigenvalue weighted by Gasteiger charge is 2.18. The van der Waals surface area contributed by atoms with Crippen LogP contribution in [0.5, 0.6) is 0 Å². The molecule has 1 N–H and O–H groups in total. The van der Waals surface area contributed by atoms with Crippen LogP contribution in [-0.4, -0.2) is 35.0 Å². The molecular weight excluding hydrogens is 358 g/mol. The molecular formula is C19H23N7O2. The van der Waals surface area contributed by atoms with Crippen LogP contribution in [0.15, 0.2) is 35.1 Å². The zero-order chi connectivity index (χ0) is 19.5. The molecule has 0 unspecified atom stereocenters. The van der Waals surface area contributed by atoms with Crippen molar-refractivity contribution in [2.75, 3.05) is 0 Å². The van der Waals surface area contributed by atoms with Crippen LogP contribution in [0.25, 0.3) is 11.4 Å². The summed E-state index contributed by atoms with van der Waals surface area (Å²) in [6.07, 6.45) is 3.14. The number of nitrogens with one attached hydrogen (secondary N) is 1. The Morgan fingerprint density at radius 3 is 2.79 bits per heavy atom. The van der Waals surface area contributed by atoms with Crippen molar-refractivity contribution in [3.8, 4) is 11.4 Å². The van der Waals surface area contributed by atoms with Gasteiger partial charge >= 0.3 is 5.69 Å². The zero-order valence-corrected chi connectivity index (χ0v) is 15.8. The lowest BCUT2D eigenvalue weighted by molar-refractivity contribution is -0.122. The molecule has 3 aromatic rings. The van der Waals surface area contributed by atoms with Crippen LogP contribution in [0.3, 0.4) is 0 Å². The minimum absolute atomic E-state index is 0.132. The van der Waals surface area contributed by atoms with E-state index in [9.17, 15) is 9.59 Å². The van der Waals surface area contributed by atoms with Crippen LogP contribution < -0.4 is 11.0 Å². The van der Waals surface area contributed by atoms with Crippen molar-refractivity contribution in [1.82, 2.24) is 34.4 Å². The Hall–Kier alpha value is -3.23. The van der Waals surface area contributed by atoms with E-state index in [0.29, 0.717) is 18.9 Å². The maximum atomic E-state index is 12.6. The van der Waals surface area contributed by atoms with Gasteiger partial charge in [0, 0.05) is 25.1 Å². The van der Waals surface area contributed by atoms with Gasteiger partial charge in [0.05, 0.1) is 6.54 Å². The number of carbonyl (C=O) groups is 1. The minimum atomic E-state index is -0.295. The normalized spacial score (nSPS) is 13.3. The van der Waals surface area contributed by atoms with Crippen LogP contribution in [0.2, 0.25) is 0 Å². The number of hydrogen-bond acceptors (Lipinski definition) is 5. The van der Waals surface area contributed by atoms with E-state index in [1.165, 1.54) is 4.68 Å². The number of fused-ring (bicyclic) bond motifs is 1. The van der Waals surface area contributed by atoms with Crippen LogP contribution in [0, 0.1) is 0 Å². The van der Waals surface area contributed by atoms with Crippen LogP contribution in [0.4, 0.5) is 0 Å². The number of nitrogens with zero attached hydrogens (tertiary/aromatic N) is 6. The first kappa shape index (κ1) is 18.1. The van der Waals surface area contributed by atoms with Crippen molar-refractivity contribution in [2.24, 2.45) is 0 Å². The monoisotopic (exact) mass is 381 g/mol. The van der Waals surface area contributed by atoms with Gasteiger partial charge in [0.1, 0.15) is 12.4 Å². The molecule has 0 atom stereocenters. The summed E-state index contributed by atoms with van der Waals surface area (Å²) < 4.78 is 4.84. The Morgan fingerprint density at radius 2 is 2.00 bits per heavy atom. The quantitative estimate of drug-likeness (QED) is 0.686. The highest BCUT2D eigenvalue weighted by atomic mass is 16.2. The lowest BCUT2D eigenvalue weighted by atomic mass is 10.2. The molecule has 0 spiro atoms. The van der Waals surface area contributed by atoms with Crippen LogP contribution in [0.1, 0.15) is 31.4 Å². The molecule has 2 aromatic heterocycles. The van der Waals surface area contributed by atoms with Gasteiger partial charge < -0.3 is 9.88 Å².